The number of rotatable bonds is 1. The Balaban J connectivity index is 2.25. The van der Waals surface area contributed by atoms with E-state index in [1.54, 1.807) is 0 Å². The van der Waals surface area contributed by atoms with Crippen LogP contribution in [-0.4, -0.2) is 41.8 Å². The molecule has 92 valence electrons. The topological polar surface area (TPSA) is 67.9 Å². The van der Waals surface area contributed by atoms with Crippen molar-refractivity contribution in [2.45, 2.75) is 32.4 Å². The van der Waals surface area contributed by atoms with Crippen LogP contribution in [0.4, 0.5) is 9.59 Å². The number of ether oxygens (including phenoxy) is 1. The summed E-state index contributed by atoms with van der Waals surface area (Å²) in [6.45, 7) is 6.36. The van der Waals surface area contributed by atoms with Gasteiger partial charge in [-0.3, -0.25) is 0 Å². The highest BCUT2D eigenvalue weighted by Crippen LogP contribution is 2.15. The molecule has 0 bridgehead atoms. The fraction of sp³-hybridized carbons (Fsp3) is 0.778. The van der Waals surface area contributed by atoms with Gasteiger partial charge >= 0.3 is 12.2 Å². The number of hydrogen-bond acceptors (Lipinski definition) is 4. The molecule has 0 unspecified atom stereocenters. The molecule has 2 amide bonds. The van der Waals surface area contributed by atoms with Gasteiger partial charge in [0.2, 0.25) is 0 Å². The minimum atomic E-state index is -0.491. The Kier molecular flexibility index (Phi) is 4.22. The first kappa shape index (κ1) is 13.3. The van der Waals surface area contributed by atoms with Gasteiger partial charge in [0.25, 0.3) is 0 Å². The van der Waals surface area contributed by atoms with Crippen LogP contribution in [0, 0.1) is 0 Å². The number of carbonyl (C=O) groups is 2. The lowest BCUT2D eigenvalue weighted by molar-refractivity contribution is 0.00588. The summed E-state index contributed by atoms with van der Waals surface area (Å²) in [4.78, 5) is 23.9. The average molecular weight is 342 g/mol. The number of nitrogens with one attached hydrogen (secondary N) is 1. The molecule has 0 radical (unpaired) electrons. The van der Waals surface area contributed by atoms with Crippen LogP contribution in [-0.2, 0) is 7.80 Å². The van der Waals surface area contributed by atoms with E-state index >= 15 is 0 Å². The van der Waals surface area contributed by atoms with Gasteiger partial charge in [0.15, 0.2) is 23.0 Å². The van der Waals surface area contributed by atoms with Gasteiger partial charge in [-0.2, -0.15) is 0 Å². The highest BCUT2D eigenvalue weighted by Gasteiger charge is 2.34. The smallest absolute Gasteiger partial charge is 0.417 e. The lowest BCUT2D eigenvalue weighted by atomic mass is 10.1. The Morgan fingerprint density at radius 3 is 2.38 bits per heavy atom. The maximum Gasteiger partial charge on any atom is 0.417 e. The van der Waals surface area contributed by atoms with Crippen molar-refractivity contribution < 1.29 is 17.4 Å². The van der Waals surface area contributed by atoms with Crippen molar-refractivity contribution in [1.29, 1.82) is 0 Å². The van der Waals surface area contributed by atoms with Crippen LogP contribution >= 0.6 is 23.0 Å². The molecular weight excluding hydrogens is 327 g/mol. The maximum absolute atomic E-state index is 11.5. The molecule has 0 spiro atoms. The average Bonchev–Trinajstić information content (AvgIpc) is 2.06. The Bertz CT molecular complexity index is 284. The number of likely N-dealkylation sites (tertiary alicyclic amines) is 1. The quantitative estimate of drug-likeness (QED) is 0.737. The van der Waals surface area contributed by atoms with E-state index in [0.717, 1.165) is 0 Å². The highest BCUT2D eigenvalue weighted by atomic mass is 127. The molecule has 7 heteroatoms. The van der Waals surface area contributed by atoms with E-state index in [2.05, 4.69) is 8.38 Å². The number of amides is 2. The molecule has 1 aliphatic rings. The Morgan fingerprint density at radius 1 is 1.38 bits per heavy atom. The largest absolute Gasteiger partial charge is 0.444 e. The first-order valence-electron chi connectivity index (χ1n) is 4.89. The second kappa shape index (κ2) is 5.07. The molecule has 1 rings (SSSR count). The van der Waals surface area contributed by atoms with Crippen LogP contribution < -0.4 is 5.32 Å². The molecule has 1 heterocycles. The highest BCUT2D eigenvalue weighted by molar-refractivity contribution is 14.1. The monoisotopic (exact) mass is 342 g/mol. The maximum atomic E-state index is 11.5. The lowest BCUT2D eigenvalue weighted by Gasteiger charge is -2.39. The van der Waals surface area contributed by atoms with Crippen LogP contribution in [0.25, 0.3) is 0 Å². The molecule has 0 atom stereocenters. The van der Waals surface area contributed by atoms with E-state index in [9.17, 15) is 9.59 Å². The van der Waals surface area contributed by atoms with E-state index in [1.807, 2.05) is 20.8 Å². The zero-order valence-corrected chi connectivity index (χ0v) is 11.6. The first-order chi connectivity index (χ1) is 7.31. The van der Waals surface area contributed by atoms with E-state index < -0.39 is 11.7 Å². The summed E-state index contributed by atoms with van der Waals surface area (Å²) < 4.78 is 9.58. The molecule has 1 saturated heterocycles. The summed E-state index contributed by atoms with van der Waals surface area (Å²) in [6, 6.07) is -0.0465. The number of halogens is 1. The van der Waals surface area contributed by atoms with Gasteiger partial charge in [-0.05, 0) is 20.8 Å². The molecule has 6 nitrogen and oxygen atoms in total. The SMILES string of the molecule is CC(C)(C)OC(=O)N1CC(NC(=O)OI)C1. The van der Waals surface area contributed by atoms with Crippen molar-refractivity contribution in [3.63, 3.8) is 0 Å². The van der Waals surface area contributed by atoms with E-state index in [1.165, 1.54) is 27.9 Å². The van der Waals surface area contributed by atoms with Gasteiger partial charge in [0.1, 0.15) is 5.60 Å². The zero-order valence-electron chi connectivity index (χ0n) is 9.45. The lowest BCUT2D eigenvalue weighted by Crippen LogP contribution is -2.61. The van der Waals surface area contributed by atoms with Crippen LogP contribution in [0.3, 0.4) is 0 Å². The number of nitrogens with zero attached hydrogens (tertiary/aromatic N) is 1. The fourth-order valence-corrected chi connectivity index (χ4v) is 1.36. The normalized spacial score (nSPS) is 16.4. The van der Waals surface area contributed by atoms with E-state index in [4.69, 9.17) is 4.74 Å². The summed E-state index contributed by atoms with van der Waals surface area (Å²) in [7, 11) is 0. The van der Waals surface area contributed by atoms with E-state index in [0.29, 0.717) is 13.1 Å². The second-order valence-corrected chi connectivity index (χ2v) is 5.03. The van der Waals surface area contributed by atoms with E-state index in [-0.39, 0.29) is 12.1 Å². The van der Waals surface area contributed by atoms with Gasteiger partial charge in [-0.1, -0.05) is 0 Å². The molecule has 0 aromatic carbocycles. The van der Waals surface area contributed by atoms with Gasteiger partial charge in [0.05, 0.1) is 6.04 Å². The molecule has 16 heavy (non-hydrogen) atoms. The summed E-state index contributed by atoms with van der Waals surface area (Å²) in [5, 5.41) is 2.60. The number of carbonyl (C=O) groups excluding carboxylic acids is 2. The Labute approximate surface area is 108 Å². The van der Waals surface area contributed by atoms with Crippen molar-refractivity contribution in [1.82, 2.24) is 10.2 Å². The molecule has 1 aliphatic heterocycles. The van der Waals surface area contributed by atoms with Crippen LogP contribution in [0.2, 0.25) is 0 Å². The summed E-state index contributed by atoms with van der Waals surface area (Å²) in [5.74, 6) is 0. The van der Waals surface area contributed by atoms with Crippen molar-refractivity contribution in [3.05, 3.63) is 0 Å². The van der Waals surface area contributed by atoms with Gasteiger partial charge < -0.3 is 18.0 Å². The summed E-state index contributed by atoms with van der Waals surface area (Å²) >= 11 is 1.51. The van der Waals surface area contributed by atoms with Gasteiger partial charge in [0, 0.05) is 13.1 Å². The Hall–Kier alpha value is -0.730. The summed E-state index contributed by atoms with van der Waals surface area (Å²) in [6.07, 6.45) is -0.845. The van der Waals surface area contributed by atoms with Crippen molar-refractivity contribution in [2.75, 3.05) is 13.1 Å². The minimum absolute atomic E-state index is 0.0465. The fourth-order valence-electron chi connectivity index (χ4n) is 1.23. The first-order valence-corrected chi connectivity index (χ1v) is 5.77. The molecule has 0 aromatic rings. The number of hydrogen-bond donors (Lipinski definition) is 1. The molecule has 0 aliphatic carbocycles. The molecular formula is C9H15IN2O4. The second-order valence-electron chi connectivity index (χ2n) is 4.59. The predicted octanol–water partition coefficient (Wildman–Crippen LogP) is 1.68. The van der Waals surface area contributed by atoms with Crippen molar-refractivity contribution in [2.24, 2.45) is 0 Å². The van der Waals surface area contributed by atoms with Gasteiger partial charge in [-0.15, -0.1) is 0 Å². The predicted molar refractivity (Wildman–Crippen MR) is 65.2 cm³/mol. The molecule has 0 saturated carbocycles. The third kappa shape index (κ3) is 4.03. The molecule has 0 aromatic heterocycles. The van der Waals surface area contributed by atoms with Crippen LogP contribution in [0.1, 0.15) is 20.8 Å². The standard InChI is InChI=1S/C9H15IN2O4/c1-9(2,3)15-8(14)12-4-6(5-12)11-7(13)16-10/h6H,4-5H2,1-3H3,(H,11,13). The van der Waals surface area contributed by atoms with Crippen LogP contribution in [0.5, 0.6) is 0 Å². The third-order valence-electron chi connectivity index (χ3n) is 1.93. The van der Waals surface area contributed by atoms with Crippen molar-refractivity contribution >= 4 is 35.2 Å². The van der Waals surface area contributed by atoms with Gasteiger partial charge in [-0.25, -0.2) is 9.59 Å². The third-order valence-corrected chi connectivity index (χ3v) is 2.33. The summed E-state index contributed by atoms with van der Waals surface area (Å²) in [5.41, 5.74) is -0.489. The Morgan fingerprint density at radius 2 is 1.94 bits per heavy atom. The van der Waals surface area contributed by atoms with Crippen LogP contribution in [0.15, 0.2) is 0 Å². The minimum Gasteiger partial charge on any atom is -0.444 e. The van der Waals surface area contributed by atoms with Crippen molar-refractivity contribution in [3.8, 4) is 0 Å². The molecule has 1 fully saturated rings. The zero-order chi connectivity index (χ0) is 12.3. The molecule has 1 N–H and O–H groups in total.